The average molecular weight is 391 g/mol. The second-order valence-corrected chi connectivity index (χ2v) is 7.70. The van der Waals surface area contributed by atoms with E-state index >= 15 is 0 Å². The molecular formula is C25H23F2NO. The topological polar surface area (TPSA) is 21.6 Å². The monoisotopic (exact) mass is 391 g/mol. The van der Waals surface area contributed by atoms with Crippen molar-refractivity contribution in [2.45, 2.75) is 38.8 Å². The standard InChI is InChI=1S/C25H23F2NO/c1-15(2)17-7-9-18(10-8-17)19-11-13-20(14-12-19)24-16(3)29-25(28-24)23-21(26)5-4-6-22(23)27/h4-16,24H,1-3H3/t16-,24+/m1/s1. The molecule has 4 rings (SSSR count). The van der Waals surface area contributed by atoms with Gasteiger partial charge in [-0.05, 0) is 47.2 Å². The maximum Gasteiger partial charge on any atom is 0.223 e. The maximum atomic E-state index is 14.1. The van der Waals surface area contributed by atoms with Gasteiger partial charge in [-0.15, -0.1) is 0 Å². The molecule has 3 aromatic rings. The lowest BCUT2D eigenvalue weighted by atomic mass is 9.96. The Morgan fingerprint density at radius 2 is 1.38 bits per heavy atom. The number of aliphatic imine (C=N–C) groups is 1. The van der Waals surface area contributed by atoms with Crippen LogP contribution in [0, 0.1) is 11.6 Å². The van der Waals surface area contributed by atoms with Gasteiger partial charge in [0, 0.05) is 0 Å². The summed E-state index contributed by atoms with van der Waals surface area (Å²) in [6, 6.07) is 20.1. The summed E-state index contributed by atoms with van der Waals surface area (Å²) in [7, 11) is 0. The normalized spacial score (nSPS) is 18.6. The SMILES string of the molecule is CC(C)c1ccc(-c2ccc([C@H]3N=C(c4c(F)cccc4F)O[C@@H]3C)cc2)cc1. The van der Waals surface area contributed by atoms with Crippen molar-refractivity contribution in [3.63, 3.8) is 0 Å². The molecule has 0 amide bonds. The van der Waals surface area contributed by atoms with Gasteiger partial charge in [0.25, 0.3) is 0 Å². The van der Waals surface area contributed by atoms with E-state index in [4.69, 9.17) is 4.74 Å². The quantitative estimate of drug-likeness (QED) is 0.487. The van der Waals surface area contributed by atoms with Gasteiger partial charge in [0.15, 0.2) is 0 Å². The Balaban J connectivity index is 1.59. The molecule has 0 N–H and O–H groups in total. The third-order valence-electron chi connectivity index (χ3n) is 5.34. The van der Waals surface area contributed by atoms with Crippen LogP contribution in [0.15, 0.2) is 71.7 Å². The zero-order chi connectivity index (χ0) is 20.5. The van der Waals surface area contributed by atoms with Crippen molar-refractivity contribution < 1.29 is 13.5 Å². The molecule has 0 fully saturated rings. The van der Waals surface area contributed by atoms with E-state index < -0.39 is 11.6 Å². The van der Waals surface area contributed by atoms with E-state index in [2.05, 4.69) is 43.1 Å². The molecule has 1 aliphatic rings. The van der Waals surface area contributed by atoms with Crippen LogP contribution in [0.4, 0.5) is 8.78 Å². The van der Waals surface area contributed by atoms with Gasteiger partial charge in [0.1, 0.15) is 29.3 Å². The second-order valence-electron chi connectivity index (χ2n) is 7.70. The molecule has 2 nitrogen and oxygen atoms in total. The Labute approximate surface area is 169 Å². The predicted molar refractivity (Wildman–Crippen MR) is 112 cm³/mol. The molecule has 1 heterocycles. The number of hydrogen-bond donors (Lipinski definition) is 0. The number of benzene rings is 3. The number of nitrogens with zero attached hydrogens (tertiary/aromatic N) is 1. The first kappa shape index (κ1) is 19.3. The molecule has 4 heteroatoms. The lowest BCUT2D eigenvalue weighted by Gasteiger charge is -2.14. The summed E-state index contributed by atoms with van der Waals surface area (Å²) >= 11 is 0. The Hall–Kier alpha value is -3.01. The number of rotatable bonds is 4. The van der Waals surface area contributed by atoms with Gasteiger partial charge in [-0.3, -0.25) is 0 Å². The summed E-state index contributed by atoms with van der Waals surface area (Å²) in [6.07, 6.45) is -0.305. The van der Waals surface area contributed by atoms with Crippen molar-refractivity contribution in [3.8, 4) is 11.1 Å². The molecule has 3 aromatic carbocycles. The molecule has 29 heavy (non-hydrogen) atoms. The summed E-state index contributed by atoms with van der Waals surface area (Å²) in [5.74, 6) is -0.818. The fourth-order valence-corrected chi connectivity index (χ4v) is 3.61. The van der Waals surface area contributed by atoms with Gasteiger partial charge in [-0.25, -0.2) is 13.8 Å². The molecule has 0 unspecified atom stereocenters. The van der Waals surface area contributed by atoms with E-state index in [1.165, 1.54) is 23.8 Å². The average Bonchev–Trinajstić information content (AvgIpc) is 3.09. The largest absolute Gasteiger partial charge is 0.472 e. The van der Waals surface area contributed by atoms with Crippen LogP contribution in [0.5, 0.6) is 0 Å². The van der Waals surface area contributed by atoms with Crippen LogP contribution >= 0.6 is 0 Å². The summed E-state index contributed by atoms with van der Waals surface area (Å²) in [5, 5.41) is 0. The summed E-state index contributed by atoms with van der Waals surface area (Å²) < 4.78 is 33.9. The molecule has 0 aliphatic carbocycles. The first-order valence-corrected chi connectivity index (χ1v) is 9.83. The minimum Gasteiger partial charge on any atom is -0.472 e. The van der Waals surface area contributed by atoms with E-state index in [-0.39, 0.29) is 23.6 Å². The van der Waals surface area contributed by atoms with Crippen LogP contribution in [0.3, 0.4) is 0 Å². The summed E-state index contributed by atoms with van der Waals surface area (Å²) in [5.41, 5.74) is 4.31. The van der Waals surface area contributed by atoms with Gasteiger partial charge in [0.2, 0.25) is 5.90 Å². The smallest absolute Gasteiger partial charge is 0.223 e. The van der Waals surface area contributed by atoms with Gasteiger partial charge in [0.05, 0.1) is 0 Å². The van der Waals surface area contributed by atoms with E-state index in [0.29, 0.717) is 5.92 Å². The van der Waals surface area contributed by atoms with Gasteiger partial charge in [-0.2, -0.15) is 0 Å². The Bertz CT molecular complexity index is 1020. The molecule has 0 saturated heterocycles. The van der Waals surface area contributed by atoms with Crippen molar-refractivity contribution in [2.75, 3.05) is 0 Å². The molecule has 0 aromatic heterocycles. The highest BCUT2D eigenvalue weighted by atomic mass is 19.1. The second kappa shape index (κ2) is 7.78. The number of ether oxygens (including phenoxy) is 1. The molecule has 0 radical (unpaired) electrons. The summed E-state index contributed by atoms with van der Waals surface area (Å²) in [6.45, 7) is 6.21. The van der Waals surface area contributed by atoms with Gasteiger partial charge < -0.3 is 4.74 Å². The minimum absolute atomic E-state index is 0.0199. The van der Waals surface area contributed by atoms with Crippen molar-refractivity contribution in [1.82, 2.24) is 0 Å². The molecule has 0 saturated carbocycles. The minimum atomic E-state index is -0.670. The van der Waals surface area contributed by atoms with Crippen LogP contribution < -0.4 is 0 Å². The van der Waals surface area contributed by atoms with Crippen LogP contribution in [0.1, 0.15) is 49.4 Å². The number of hydrogen-bond acceptors (Lipinski definition) is 2. The zero-order valence-corrected chi connectivity index (χ0v) is 16.7. The fourth-order valence-electron chi connectivity index (χ4n) is 3.61. The molecule has 148 valence electrons. The maximum absolute atomic E-state index is 14.1. The highest BCUT2D eigenvalue weighted by Gasteiger charge is 2.32. The van der Waals surface area contributed by atoms with Crippen LogP contribution in [0.25, 0.3) is 11.1 Å². The van der Waals surface area contributed by atoms with Crippen LogP contribution in [0.2, 0.25) is 0 Å². The summed E-state index contributed by atoms with van der Waals surface area (Å²) in [4.78, 5) is 4.48. The third-order valence-corrected chi connectivity index (χ3v) is 5.34. The molecule has 0 bridgehead atoms. The highest BCUT2D eigenvalue weighted by Crippen LogP contribution is 2.33. The van der Waals surface area contributed by atoms with Crippen molar-refractivity contribution in [1.29, 1.82) is 0 Å². The van der Waals surface area contributed by atoms with E-state index in [9.17, 15) is 8.78 Å². The Morgan fingerprint density at radius 1 is 0.828 bits per heavy atom. The van der Waals surface area contributed by atoms with Crippen molar-refractivity contribution in [2.24, 2.45) is 4.99 Å². The van der Waals surface area contributed by atoms with Crippen molar-refractivity contribution >= 4 is 5.90 Å². The van der Waals surface area contributed by atoms with E-state index in [1.54, 1.807) is 0 Å². The highest BCUT2D eigenvalue weighted by molar-refractivity contribution is 5.96. The molecular weight excluding hydrogens is 368 g/mol. The Kier molecular flexibility index (Phi) is 5.18. The van der Waals surface area contributed by atoms with E-state index in [0.717, 1.165) is 16.7 Å². The number of halogens is 2. The zero-order valence-electron chi connectivity index (χ0n) is 16.7. The molecule has 2 atom stereocenters. The third kappa shape index (κ3) is 3.80. The van der Waals surface area contributed by atoms with Gasteiger partial charge in [-0.1, -0.05) is 68.4 Å². The predicted octanol–water partition coefficient (Wildman–Crippen LogP) is 6.66. The first-order chi connectivity index (χ1) is 13.9. The lowest BCUT2D eigenvalue weighted by Crippen LogP contribution is -2.14. The van der Waals surface area contributed by atoms with Crippen molar-refractivity contribution in [3.05, 3.63) is 95.1 Å². The van der Waals surface area contributed by atoms with Crippen LogP contribution in [-0.2, 0) is 4.74 Å². The van der Waals surface area contributed by atoms with Gasteiger partial charge >= 0.3 is 0 Å². The lowest BCUT2D eigenvalue weighted by molar-refractivity contribution is 0.213. The molecule has 0 spiro atoms. The fraction of sp³-hybridized carbons (Fsp3) is 0.240. The van der Waals surface area contributed by atoms with E-state index in [1.807, 2.05) is 31.2 Å². The Morgan fingerprint density at radius 3 is 1.93 bits per heavy atom. The van der Waals surface area contributed by atoms with Crippen LogP contribution in [-0.4, -0.2) is 12.0 Å². The first-order valence-electron chi connectivity index (χ1n) is 9.83. The molecule has 1 aliphatic heterocycles.